The van der Waals surface area contributed by atoms with Crippen LogP contribution in [0.4, 0.5) is 0 Å². The molecule has 0 bridgehead atoms. The van der Waals surface area contributed by atoms with Gasteiger partial charge in [0.25, 0.3) is 0 Å². The number of hydrogen-bond donors (Lipinski definition) is 1. The summed E-state index contributed by atoms with van der Waals surface area (Å²) in [6.07, 6.45) is 0. The minimum absolute atomic E-state index is 0.128. The van der Waals surface area contributed by atoms with E-state index in [-0.39, 0.29) is 6.04 Å². The van der Waals surface area contributed by atoms with Crippen LogP contribution in [0.5, 0.6) is 5.75 Å². The summed E-state index contributed by atoms with van der Waals surface area (Å²) in [5.74, 6) is 0.782. The zero-order valence-electron chi connectivity index (χ0n) is 11.2. The van der Waals surface area contributed by atoms with E-state index in [4.69, 9.17) is 22.1 Å². The van der Waals surface area contributed by atoms with E-state index >= 15 is 0 Å². The molecule has 0 aromatic heterocycles. The first-order valence-electron chi connectivity index (χ1n) is 6.27. The Bertz CT molecular complexity index is 551. The van der Waals surface area contributed by atoms with Gasteiger partial charge in [-0.25, -0.2) is 0 Å². The number of aryl methyl sites for hydroxylation is 2. The van der Waals surface area contributed by atoms with Gasteiger partial charge in [0.05, 0.1) is 6.04 Å². The lowest BCUT2D eigenvalue weighted by Gasteiger charge is -2.16. The molecule has 0 aliphatic carbocycles. The molecule has 100 valence electrons. The average Bonchev–Trinajstić information content (AvgIpc) is 2.37. The quantitative estimate of drug-likeness (QED) is 0.914. The van der Waals surface area contributed by atoms with Crippen LogP contribution in [0.2, 0.25) is 5.02 Å². The van der Waals surface area contributed by atoms with Crippen LogP contribution in [0.25, 0.3) is 0 Å². The van der Waals surface area contributed by atoms with Gasteiger partial charge in [-0.3, -0.25) is 0 Å². The van der Waals surface area contributed by atoms with Gasteiger partial charge in [0.15, 0.2) is 0 Å². The fraction of sp³-hybridized carbons (Fsp3) is 0.250. The number of nitrogens with two attached hydrogens (primary N) is 1. The van der Waals surface area contributed by atoms with E-state index in [1.54, 1.807) is 12.1 Å². The highest BCUT2D eigenvalue weighted by Gasteiger charge is 2.09. The summed E-state index contributed by atoms with van der Waals surface area (Å²) in [7, 11) is 0. The lowest BCUT2D eigenvalue weighted by Crippen LogP contribution is -2.20. The van der Waals surface area contributed by atoms with Crippen molar-refractivity contribution in [1.29, 1.82) is 0 Å². The van der Waals surface area contributed by atoms with E-state index in [1.807, 2.05) is 12.1 Å². The highest BCUT2D eigenvalue weighted by atomic mass is 35.5. The highest BCUT2D eigenvalue weighted by molar-refractivity contribution is 6.30. The van der Waals surface area contributed by atoms with Crippen molar-refractivity contribution >= 4 is 11.6 Å². The predicted octanol–water partition coefficient (Wildman–Crippen LogP) is 4.04. The SMILES string of the molecule is Cc1ccc(C(N)COc2ccc(Cl)cc2)c(C)c1. The molecule has 0 saturated carbocycles. The van der Waals surface area contributed by atoms with Gasteiger partial charge in [0, 0.05) is 5.02 Å². The summed E-state index contributed by atoms with van der Waals surface area (Å²) in [5.41, 5.74) is 9.74. The fourth-order valence-corrected chi connectivity index (χ4v) is 2.17. The minimum Gasteiger partial charge on any atom is -0.492 e. The fourth-order valence-electron chi connectivity index (χ4n) is 2.05. The van der Waals surface area contributed by atoms with Crippen LogP contribution >= 0.6 is 11.6 Å². The van der Waals surface area contributed by atoms with E-state index in [9.17, 15) is 0 Å². The molecule has 19 heavy (non-hydrogen) atoms. The average molecular weight is 276 g/mol. The summed E-state index contributed by atoms with van der Waals surface area (Å²) in [5, 5.41) is 0.700. The van der Waals surface area contributed by atoms with Crippen LogP contribution in [-0.4, -0.2) is 6.61 Å². The van der Waals surface area contributed by atoms with Gasteiger partial charge in [-0.1, -0.05) is 35.4 Å². The van der Waals surface area contributed by atoms with Gasteiger partial charge < -0.3 is 10.5 Å². The molecule has 3 heteroatoms. The molecule has 0 aliphatic rings. The molecule has 2 aromatic rings. The Labute approximate surface area is 119 Å². The van der Waals surface area contributed by atoms with E-state index < -0.39 is 0 Å². The molecule has 0 fully saturated rings. The van der Waals surface area contributed by atoms with Crippen LogP contribution in [0, 0.1) is 13.8 Å². The Morgan fingerprint density at radius 2 is 1.79 bits per heavy atom. The molecule has 2 aromatic carbocycles. The zero-order valence-corrected chi connectivity index (χ0v) is 11.9. The molecule has 0 aliphatic heterocycles. The molecule has 2 nitrogen and oxygen atoms in total. The first-order chi connectivity index (χ1) is 9.06. The maximum Gasteiger partial charge on any atom is 0.119 e. The Morgan fingerprint density at radius 3 is 2.42 bits per heavy atom. The molecule has 1 unspecified atom stereocenters. The lowest BCUT2D eigenvalue weighted by atomic mass is 10.0. The van der Waals surface area contributed by atoms with Crippen molar-refractivity contribution in [3.05, 3.63) is 64.2 Å². The molecule has 2 rings (SSSR count). The van der Waals surface area contributed by atoms with Gasteiger partial charge in [0.2, 0.25) is 0 Å². The second-order valence-corrected chi connectivity index (χ2v) is 5.17. The third kappa shape index (κ3) is 3.72. The van der Waals surface area contributed by atoms with Crippen LogP contribution in [0.3, 0.4) is 0 Å². The molecule has 0 heterocycles. The van der Waals surface area contributed by atoms with Crippen molar-refractivity contribution in [3.8, 4) is 5.75 Å². The molecular weight excluding hydrogens is 258 g/mol. The maximum atomic E-state index is 6.17. The molecule has 0 saturated heterocycles. The first-order valence-corrected chi connectivity index (χ1v) is 6.65. The second-order valence-electron chi connectivity index (χ2n) is 4.73. The van der Waals surface area contributed by atoms with E-state index in [1.165, 1.54) is 11.1 Å². The van der Waals surface area contributed by atoms with Crippen molar-refractivity contribution in [2.45, 2.75) is 19.9 Å². The largest absolute Gasteiger partial charge is 0.492 e. The van der Waals surface area contributed by atoms with Crippen LogP contribution in [0.1, 0.15) is 22.7 Å². The number of halogens is 1. The first kappa shape index (κ1) is 13.9. The zero-order chi connectivity index (χ0) is 13.8. The number of rotatable bonds is 4. The number of ether oxygens (including phenoxy) is 1. The van der Waals surface area contributed by atoms with Gasteiger partial charge in [0.1, 0.15) is 12.4 Å². The van der Waals surface area contributed by atoms with Crippen molar-refractivity contribution in [2.75, 3.05) is 6.61 Å². The van der Waals surface area contributed by atoms with E-state index in [0.29, 0.717) is 11.6 Å². The van der Waals surface area contributed by atoms with Crippen molar-refractivity contribution in [2.24, 2.45) is 5.73 Å². The third-order valence-electron chi connectivity index (χ3n) is 3.07. The summed E-state index contributed by atoms with van der Waals surface area (Å²) in [6.45, 7) is 4.60. The Balaban J connectivity index is 2.01. The van der Waals surface area contributed by atoms with Gasteiger partial charge in [-0.15, -0.1) is 0 Å². The van der Waals surface area contributed by atoms with Crippen LogP contribution in [-0.2, 0) is 0 Å². The topological polar surface area (TPSA) is 35.2 Å². The summed E-state index contributed by atoms with van der Waals surface area (Å²) >= 11 is 5.83. The van der Waals surface area contributed by atoms with Crippen LogP contribution < -0.4 is 10.5 Å². The Morgan fingerprint density at radius 1 is 1.11 bits per heavy atom. The normalized spacial score (nSPS) is 12.2. The summed E-state index contributed by atoms with van der Waals surface area (Å²) < 4.78 is 5.68. The van der Waals surface area contributed by atoms with Crippen molar-refractivity contribution in [1.82, 2.24) is 0 Å². The highest BCUT2D eigenvalue weighted by Crippen LogP contribution is 2.20. The molecule has 0 radical (unpaired) electrons. The summed E-state index contributed by atoms with van der Waals surface area (Å²) in [6, 6.07) is 13.5. The van der Waals surface area contributed by atoms with Crippen LogP contribution in [0.15, 0.2) is 42.5 Å². The van der Waals surface area contributed by atoms with Gasteiger partial charge in [-0.05, 0) is 49.2 Å². The lowest BCUT2D eigenvalue weighted by molar-refractivity contribution is 0.290. The summed E-state index contributed by atoms with van der Waals surface area (Å²) in [4.78, 5) is 0. The van der Waals surface area contributed by atoms with Crippen molar-refractivity contribution < 1.29 is 4.74 Å². The smallest absolute Gasteiger partial charge is 0.119 e. The molecular formula is C16H18ClNO. The molecule has 1 atom stereocenters. The predicted molar refractivity (Wildman–Crippen MR) is 79.8 cm³/mol. The van der Waals surface area contributed by atoms with E-state index in [2.05, 4.69) is 32.0 Å². The molecule has 0 amide bonds. The third-order valence-corrected chi connectivity index (χ3v) is 3.32. The Hall–Kier alpha value is -1.51. The second kappa shape index (κ2) is 6.09. The van der Waals surface area contributed by atoms with Gasteiger partial charge >= 0.3 is 0 Å². The molecule has 2 N–H and O–H groups in total. The van der Waals surface area contributed by atoms with Crippen molar-refractivity contribution in [3.63, 3.8) is 0 Å². The maximum absolute atomic E-state index is 6.17. The Kier molecular flexibility index (Phi) is 4.46. The minimum atomic E-state index is -0.128. The number of benzene rings is 2. The standard InChI is InChI=1S/C16H18ClNO/c1-11-3-8-15(12(2)9-11)16(18)10-19-14-6-4-13(17)5-7-14/h3-9,16H,10,18H2,1-2H3. The molecule has 0 spiro atoms. The van der Waals surface area contributed by atoms with E-state index in [0.717, 1.165) is 11.3 Å². The monoisotopic (exact) mass is 275 g/mol. The van der Waals surface area contributed by atoms with Gasteiger partial charge in [-0.2, -0.15) is 0 Å². The number of hydrogen-bond acceptors (Lipinski definition) is 2.